The van der Waals surface area contributed by atoms with Crippen LogP contribution in [-0.4, -0.2) is 15.1 Å². The first-order chi connectivity index (χ1) is 12.6. The van der Waals surface area contributed by atoms with Crippen LogP contribution in [0.1, 0.15) is 97.7 Å². The molecule has 0 aliphatic rings. The summed E-state index contributed by atoms with van der Waals surface area (Å²) in [5.41, 5.74) is 2.25. The maximum atomic E-state index is 12.0. The number of nitrogens with zero attached hydrogens (tertiary/aromatic N) is 2. The van der Waals surface area contributed by atoms with E-state index in [1.54, 1.807) is 0 Å². The van der Waals surface area contributed by atoms with Crippen LogP contribution in [0.15, 0.2) is 21.7 Å². The van der Waals surface area contributed by atoms with Crippen LogP contribution in [0.2, 0.25) is 0 Å². The highest BCUT2D eigenvalue weighted by Crippen LogP contribution is 2.42. The standard InChI is InChI=1S/C22H35N3O2S/c1-19(2,3)14-12-23-18(26)25-16(14)21(6,7)11-10-20(4,5)15-13-24-27-17(15)22(8,9)28/h12-13,28H,10-11H2,1-9H3,(H,23,25,26). The molecular formula is C22H35N3O2S. The summed E-state index contributed by atoms with van der Waals surface area (Å²) in [6, 6.07) is 0. The van der Waals surface area contributed by atoms with Gasteiger partial charge in [-0.15, -0.1) is 0 Å². The molecule has 1 N–H and O–H groups in total. The maximum Gasteiger partial charge on any atom is 0.345 e. The summed E-state index contributed by atoms with van der Waals surface area (Å²) in [6.07, 6.45) is 5.40. The fourth-order valence-corrected chi connectivity index (χ4v) is 3.69. The molecule has 2 rings (SSSR count). The van der Waals surface area contributed by atoms with Crippen molar-refractivity contribution in [2.45, 2.75) is 96.1 Å². The molecule has 2 aromatic rings. The van der Waals surface area contributed by atoms with E-state index in [0.717, 1.165) is 35.4 Å². The Hall–Kier alpha value is -1.56. The minimum absolute atomic E-state index is 0.100. The van der Waals surface area contributed by atoms with E-state index >= 15 is 0 Å². The number of rotatable bonds is 6. The third-order valence-electron chi connectivity index (χ3n) is 5.49. The first-order valence-corrected chi connectivity index (χ1v) is 10.3. The molecule has 0 bridgehead atoms. The highest BCUT2D eigenvalue weighted by molar-refractivity contribution is 7.81. The van der Waals surface area contributed by atoms with Gasteiger partial charge in [0.2, 0.25) is 0 Å². The second-order valence-corrected chi connectivity index (χ2v) is 11.7. The van der Waals surface area contributed by atoms with Gasteiger partial charge in [0, 0.05) is 17.2 Å². The lowest BCUT2D eigenvalue weighted by atomic mass is 9.71. The third-order valence-corrected chi connectivity index (χ3v) is 5.69. The number of hydrogen-bond acceptors (Lipinski definition) is 5. The monoisotopic (exact) mass is 405 g/mol. The van der Waals surface area contributed by atoms with Gasteiger partial charge in [0.25, 0.3) is 0 Å². The largest absolute Gasteiger partial charge is 0.360 e. The first kappa shape index (κ1) is 22.7. The molecule has 0 aromatic carbocycles. The molecule has 156 valence electrons. The van der Waals surface area contributed by atoms with E-state index in [1.165, 1.54) is 0 Å². The van der Waals surface area contributed by atoms with Crippen molar-refractivity contribution in [2.75, 3.05) is 0 Å². The van der Waals surface area contributed by atoms with Crippen LogP contribution in [0.3, 0.4) is 0 Å². The fraction of sp³-hybridized carbons (Fsp3) is 0.682. The maximum absolute atomic E-state index is 12.0. The summed E-state index contributed by atoms with van der Waals surface area (Å²) in [4.78, 5) is 19.1. The van der Waals surface area contributed by atoms with E-state index in [4.69, 9.17) is 4.52 Å². The molecule has 0 spiro atoms. The normalized spacial score (nSPS) is 13.8. The van der Waals surface area contributed by atoms with Crippen LogP contribution < -0.4 is 5.69 Å². The van der Waals surface area contributed by atoms with E-state index in [2.05, 4.69) is 76.2 Å². The molecular weight excluding hydrogens is 370 g/mol. The van der Waals surface area contributed by atoms with Gasteiger partial charge in [-0.05, 0) is 43.1 Å². The summed E-state index contributed by atoms with van der Waals surface area (Å²) in [5.74, 6) is 0.809. The van der Waals surface area contributed by atoms with Crippen LogP contribution in [-0.2, 0) is 21.0 Å². The third kappa shape index (κ3) is 4.88. The van der Waals surface area contributed by atoms with Gasteiger partial charge in [0.15, 0.2) is 5.76 Å². The number of aromatic amines is 1. The Bertz CT molecular complexity index is 880. The van der Waals surface area contributed by atoms with E-state index in [-0.39, 0.29) is 21.9 Å². The van der Waals surface area contributed by atoms with Crippen LogP contribution in [0.25, 0.3) is 0 Å². The lowest BCUT2D eigenvalue weighted by Gasteiger charge is -2.34. The minimum atomic E-state index is -0.397. The molecule has 0 radical (unpaired) electrons. The SMILES string of the molecule is CC(C)(C)c1c[nH]c(=O)nc1C(C)(C)CCC(C)(C)c1cnoc1C(C)(C)S. The Morgan fingerprint density at radius 2 is 1.54 bits per heavy atom. The Labute approximate surface area is 174 Å². The average Bonchev–Trinajstić information content (AvgIpc) is 3.03. The van der Waals surface area contributed by atoms with E-state index in [9.17, 15) is 4.79 Å². The van der Waals surface area contributed by atoms with Gasteiger partial charge < -0.3 is 9.51 Å². The quantitative estimate of drug-likeness (QED) is 0.643. The number of thiol groups is 1. The summed E-state index contributed by atoms with van der Waals surface area (Å²) >= 11 is 4.67. The van der Waals surface area contributed by atoms with Gasteiger partial charge in [0.05, 0.1) is 16.6 Å². The zero-order chi connectivity index (χ0) is 21.5. The molecule has 0 atom stereocenters. The van der Waals surface area contributed by atoms with Crippen LogP contribution in [0, 0.1) is 0 Å². The van der Waals surface area contributed by atoms with Gasteiger partial charge in [-0.25, -0.2) is 4.79 Å². The molecule has 2 heterocycles. The zero-order valence-electron chi connectivity index (χ0n) is 18.7. The highest BCUT2D eigenvalue weighted by atomic mass is 32.1. The number of H-pyrrole nitrogens is 1. The predicted molar refractivity (Wildman–Crippen MR) is 117 cm³/mol. The van der Waals surface area contributed by atoms with Gasteiger partial charge in [0.1, 0.15) is 0 Å². The lowest BCUT2D eigenvalue weighted by molar-refractivity contribution is 0.337. The molecule has 0 aliphatic carbocycles. The van der Waals surface area contributed by atoms with E-state index < -0.39 is 4.75 Å². The molecule has 0 saturated heterocycles. The lowest BCUT2D eigenvalue weighted by Crippen LogP contribution is -2.32. The molecule has 0 saturated carbocycles. The molecule has 28 heavy (non-hydrogen) atoms. The smallest absolute Gasteiger partial charge is 0.345 e. The summed E-state index contributed by atoms with van der Waals surface area (Å²) in [7, 11) is 0. The number of hydrogen-bond donors (Lipinski definition) is 2. The van der Waals surface area contributed by atoms with Crippen molar-refractivity contribution < 1.29 is 4.52 Å². The van der Waals surface area contributed by atoms with Crippen molar-refractivity contribution in [3.63, 3.8) is 0 Å². The first-order valence-electron chi connectivity index (χ1n) is 9.84. The van der Waals surface area contributed by atoms with Crippen molar-refractivity contribution in [3.8, 4) is 0 Å². The van der Waals surface area contributed by atoms with Crippen molar-refractivity contribution in [1.29, 1.82) is 0 Å². The molecule has 0 amide bonds. The molecule has 0 fully saturated rings. The molecule has 5 nitrogen and oxygen atoms in total. The average molecular weight is 406 g/mol. The summed E-state index contributed by atoms with van der Waals surface area (Å²) < 4.78 is 5.13. The van der Waals surface area contributed by atoms with Crippen molar-refractivity contribution in [2.24, 2.45) is 0 Å². The Morgan fingerprint density at radius 3 is 2.07 bits per heavy atom. The van der Waals surface area contributed by atoms with Crippen molar-refractivity contribution >= 4 is 12.6 Å². The molecule has 2 aromatic heterocycles. The van der Waals surface area contributed by atoms with Gasteiger partial charge in [-0.2, -0.15) is 17.6 Å². The topological polar surface area (TPSA) is 71.8 Å². The van der Waals surface area contributed by atoms with Crippen molar-refractivity contribution in [1.82, 2.24) is 15.1 Å². The Balaban J connectivity index is 2.35. The second kappa shape index (κ2) is 7.36. The van der Waals surface area contributed by atoms with Gasteiger partial charge in [-0.1, -0.05) is 53.6 Å². The van der Waals surface area contributed by atoms with E-state index in [0.29, 0.717) is 0 Å². The zero-order valence-corrected chi connectivity index (χ0v) is 19.6. The second-order valence-electron chi connectivity index (χ2n) is 10.6. The molecule has 6 heteroatoms. The van der Waals surface area contributed by atoms with Crippen LogP contribution in [0.4, 0.5) is 0 Å². The van der Waals surface area contributed by atoms with E-state index in [1.807, 2.05) is 26.2 Å². The Kier molecular flexibility index (Phi) is 5.97. The minimum Gasteiger partial charge on any atom is -0.360 e. The fourth-order valence-electron chi connectivity index (χ4n) is 3.52. The van der Waals surface area contributed by atoms with Crippen molar-refractivity contribution in [3.05, 3.63) is 45.5 Å². The number of aromatic nitrogens is 3. The molecule has 0 aliphatic heterocycles. The molecule has 0 unspecified atom stereocenters. The predicted octanol–water partition coefficient (Wildman–Crippen LogP) is 5.26. The van der Waals surface area contributed by atoms with Crippen LogP contribution in [0.5, 0.6) is 0 Å². The van der Waals surface area contributed by atoms with Gasteiger partial charge in [-0.3, -0.25) is 0 Å². The summed E-state index contributed by atoms with van der Waals surface area (Å²) in [5, 5.41) is 4.03. The van der Waals surface area contributed by atoms with Crippen LogP contribution >= 0.6 is 12.6 Å². The Morgan fingerprint density at radius 1 is 0.964 bits per heavy atom. The number of nitrogens with one attached hydrogen (secondary N) is 1. The highest BCUT2D eigenvalue weighted by Gasteiger charge is 2.36. The van der Waals surface area contributed by atoms with Gasteiger partial charge >= 0.3 is 5.69 Å². The summed E-state index contributed by atoms with van der Waals surface area (Å²) in [6.45, 7) is 19.2.